The molecule has 0 unspecified atom stereocenters. The van der Waals surface area contributed by atoms with Crippen molar-refractivity contribution >= 4 is 16.5 Å². The molecule has 0 atom stereocenters. The molecule has 0 heterocycles. The van der Waals surface area contributed by atoms with Crippen molar-refractivity contribution < 1.29 is 0 Å². The van der Waals surface area contributed by atoms with E-state index in [-0.39, 0.29) is 5.54 Å². The van der Waals surface area contributed by atoms with E-state index in [1.54, 1.807) is 0 Å². The molecule has 2 nitrogen and oxygen atoms in total. The van der Waals surface area contributed by atoms with Gasteiger partial charge in [-0.3, -0.25) is 0 Å². The first-order valence-electron chi connectivity index (χ1n) is 5.71. The van der Waals surface area contributed by atoms with Crippen molar-refractivity contribution in [3.8, 4) is 6.07 Å². The van der Waals surface area contributed by atoms with Gasteiger partial charge < -0.3 is 5.32 Å². The number of nitrogens with one attached hydrogen (secondary N) is 1. The molecule has 86 valence electrons. The standard InChI is InChI=1S/C15H16N2/c1-15(2,3)17-14-9-8-11(10-16)12-6-4-5-7-13(12)14/h4-9,17H,1-3H3. The van der Waals surface area contributed by atoms with E-state index in [1.807, 2.05) is 36.4 Å². The fourth-order valence-electron chi connectivity index (χ4n) is 1.91. The lowest BCUT2D eigenvalue weighted by atomic mass is 10.0. The van der Waals surface area contributed by atoms with Crippen LogP contribution in [0.3, 0.4) is 0 Å². The van der Waals surface area contributed by atoms with E-state index >= 15 is 0 Å². The van der Waals surface area contributed by atoms with Crippen molar-refractivity contribution in [2.24, 2.45) is 0 Å². The molecule has 0 saturated heterocycles. The van der Waals surface area contributed by atoms with Gasteiger partial charge in [-0.25, -0.2) is 0 Å². The van der Waals surface area contributed by atoms with Gasteiger partial charge in [-0.15, -0.1) is 0 Å². The Bertz CT molecular complexity index is 586. The Labute approximate surface area is 102 Å². The first-order valence-corrected chi connectivity index (χ1v) is 5.71. The van der Waals surface area contributed by atoms with E-state index < -0.39 is 0 Å². The van der Waals surface area contributed by atoms with Crippen molar-refractivity contribution in [3.63, 3.8) is 0 Å². The zero-order valence-corrected chi connectivity index (χ0v) is 10.4. The molecule has 0 bridgehead atoms. The van der Waals surface area contributed by atoms with Gasteiger partial charge in [-0.2, -0.15) is 5.26 Å². The number of hydrogen-bond acceptors (Lipinski definition) is 2. The summed E-state index contributed by atoms with van der Waals surface area (Å²) in [6.07, 6.45) is 0. The zero-order chi connectivity index (χ0) is 12.5. The molecule has 17 heavy (non-hydrogen) atoms. The molecule has 0 spiro atoms. The molecule has 0 amide bonds. The van der Waals surface area contributed by atoms with Crippen molar-refractivity contribution in [3.05, 3.63) is 42.0 Å². The van der Waals surface area contributed by atoms with Crippen LogP contribution in [0, 0.1) is 11.3 Å². The second kappa shape index (κ2) is 4.10. The van der Waals surface area contributed by atoms with Crippen LogP contribution in [0.15, 0.2) is 36.4 Å². The lowest BCUT2D eigenvalue weighted by Gasteiger charge is -2.23. The van der Waals surface area contributed by atoms with Gasteiger partial charge >= 0.3 is 0 Å². The molecule has 2 aromatic carbocycles. The van der Waals surface area contributed by atoms with Gasteiger partial charge in [0.1, 0.15) is 0 Å². The van der Waals surface area contributed by atoms with Crippen LogP contribution in [0.5, 0.6) is 0 Å². The topological polar surface area (TPSA) is 35.8 Å². The fraction of sp³-hybridized carbons (Fsp3) is 0.267. The number of hydrogen-bond donors (Lipinski definition) is 1. The second-order valence-electron chi connectivity index (χ2n) is 5.19. The third-order valence-electron chi connectivity index (χ3n) is 2.55. The molecule has 1 N–H and O–H groups in total. The number of rotatable bonds is 1. The lowest BCUT2D eigenvalue weighted by Crippen LogP contribution is -2.26. The smallest absolute Gasteiger partial charge is 0.0998 e. The SMILES string of the molecule is CC(C)(C)Nc1ccc(C#N)c2ccccc12. The van der Waals surface area contributed by atoms with Gasteiger partial charge in [0, 0.05) is 22.0 Å². The summed E-state index contributed by atoms with van der Waals surface area (Å²) in [5.74, 6) is 0. The van der Waals surface area contributed by atoms with Crippen molar-refractivity contribution in [2.75, 3.05) is 5.32 Å². The summed E-state index contributed by atoms with van der Waals surface area (Å²) >= 11 is 0. The zero-order valence-electron chi connectivity index (χ0n) is 10.4. The molecule has 0 aliphatic rings. The maximum absolute atomic E-state index is 9.09. The monoisotopic (exact) mass is 224 g/mol. The minimum atomic E-state index is 0.0108. The van der Waals surface area contributed by atoms with Crippen molar-refractivity contribution in [2.45, 2.75) is 26.3 Å². The largest absolute Gasteiger partial charge is 0.380 e. The van der Waals surface area contributed by atoms with Crippen molar-refractivity contribution in [1.82, 2.24) is 0 Å². The van der Waals surface area contributed by atoms with Crippen LogP contribution in [0.1, 0.15) is 26.3 Å². The first-order chi connectivity index (χ1) is 8.01. The molecule has 0 saturated carbocycles. The summed E-state index contributed by atoms with van der Waals surface area (Å²) in [5, 5.41) is 14.7. The molecule has 0 radical (unpaired) electrons. The molecule has 0 aromatic heterocycles. The van der Waals surface area contributed by atoms with Crippen LogP contribution in [-0.4, -0.2) is 5.54 Å². The summed E-state index contributed by atoms with van der Waals surface area (Å²) in [6.45, 7) is 6.37. The highest BCUT2D eigenvalue weighted by atomic mass is 14.9. The molecule has 0 aliphatic carbocycles. The van der Waals surface area contributed by atoms with Gasteiger partial charge in [0.25, 0.3) is 0 Å². The Kier molecular flexibility index (Phi) is 2.77. The Morgan fingerprint density at radius 3 is 2.24 bits per heavy atom. The minimum Gasteiger partial charge on any atom is -0.380 e. The third-order valence-corrected chi connectivity index (χ3v) is 2.55. The van der Waals surface area contributed by atoms with Crippen LogP contribution in [0.25, 0.3) is 10.8 Å². The second-order valence-corrected chi connectivity index (χ2v) is 5.19. The van der Waals surface area contributed by atoms with Crippen LogP contribution in [-0.2, 0) is 0 Å². The van der Waals surface area contributed by atoms with E-state index in [1.165, 1.54) is 0 Å². The van der Waals surface area contributed by atoms with Crippen molar-refractivity contribution in [1.29, 1.82) is 5.26 Å². The Morgan fingerprint density at radius 2 is 1.65 bits per heavy atom. The number of benzene rings is 2. The predicted octanol–water partition coefficient (Wildman–Crippen LogP) is 3.92. The summed E-state index contributed by atoms with van der Waals surface area (Å²) in [4.78, 5) is 0. The number of nitriles is 1. The normalized spacial score (nSPS) is 11.2. The lowest BCUT2D eigenvalue weighted by molar-refractivity contribution is 0.635. The minimum absolute atomic E-state index is 0.0108. The van der Waals surface area contributed by atoms with E-state index in [2.05, 4.69) is 32.2 Å². The van der Waals surface area contributed by atoms with E-state index in [9.17, 15) is 0 Å². The highest BCUT2D eigenvalue weighted by Gasteiger charge is 2.12. The third kappa shape index (κ3) is 2.39. The molecule has 2 heteroatoms. The average Bonchev–Trinajstić information content (AvgIpc) is 2.28. The van der Waals surface area contributed by atoms with E-state index in [4.69, 9.17) is 5.26 Å². The van der Waals surface area contributed by atoms with Crippen LogP contribution >= 0.6 is 0 Å². The summed E-state index contributed by atoms with van der Waals surface area (Å²) < 4.78 is 0. The Hall–Kier alpha value is -2.01. The van der Waals surface area contributed by atoms with Crippen LogP contribution in [0.2, 0.25) is 0 Å². The first kappa shape index (κ1) is 11.5. The van der Waals surface area contributed by atoms with Gasteiger partial charge in [-0.1, -0.05) is 24.3 Å². The Morgan fingerprint density at radius 1 is 1.00 bits per heavy atom. The molecule has 2 rings (SSSR count). The highest BCUT2D eigenvalue weighted by molar-refractivity contribution is 5.97. The highest BCUT2D eigenvalue weighted by Crippen LogP contribution is 2.28. The van der Waals surface area contributed by atoms with Crippen LogP contribution in [0.4, 0.5) is 5.69 Å². The Balaban J connectivity index is 2.64. The van der Waals surface area contributed by atoms with E-state index in [0.29, 0.717) is 0 Å². The quantitative estimate of drug-likeness (QED) is 0.796. The van der Waals surface area contributed by atoms with E-state index in [0.717, 1.165) is 22.0 Å². The van der Waals surface area contributed by atoms with Gasteiger partial charge in [0.05, 0.1) is 11.6 Å². The summed E-state index contributed by atoms with van der Waals surface area (Å²) in [5.41, 5.74) is 1.81. The number of nitrogens with zero attached hydrogens (tertiary/aromatic N) is 1. The number of fused-ring (bicyclic) bond motifs is 1. The number of anilines is 1. The summed E-state index contributed by atoms with van der Waals surface area (Å²) in [6, 6.07) is 14.1. The molecule has 2 aromatic rings. The van der Waals surface area contributed by atoms with Gasteiger partial charge in [0.15, 0.2) is 0 Å². The van der Waals surface area contributed by atoms with Crippen LogP contribution < -0.4 is 5.32 Å². The van der Waals surface area contributed by atoms with Gasteiger partial charge in [-0.05, 0) is 32.9 Å². The molecular formula is C15H16N2. The maximum Gasteiger partial charge on any atom is 0.0998 e. The molecular weight excluding hydrogens is 208 g/mol. The molecule has 0 aliphatic heterocycles. The average molecular weight is 224 g/mol. The summed E-state index contributed by atoms with van der Waals surface area (Å²) in [7, 11) is 0. The molecule has 0 fully saturated rings. The van der Waals surface area contributed by atoms with Gasteiger partial charge in [0.2, 0.25) is 0 Å². The maximum atomic E-state index is 9.09. The fourth-order valence-corrected chi connectivity index (χ4v) is 1.91. The predicted molar refractivity (Wildman–Crippen MR) is 72.0 cm³/mol.